The van der Waals surface area contributed by atoms with Gasteiger partial charge < -0.3 is 24.8 Å². The maximum Gasteiger partial charge on any atom is 0.408 e. The van der Waals surface area contributed by atoms with Gasteiger partial charge in [-0.2, -0.15) is 0 Å². The van der Waals surface area contributed by atoms with E-state index < -0.39 is 23.8 Å². The van der Waals surface area contributed by atoms with Crippen molar-refractivity contribution in [3.63, 3.8) is 0 Å². The van der Waals surface area contributed by atoms with Crippen LogP contribution in [0.15, 0.2) is 23.2 Å². The third-order valence-electron chi connectivity index (χ3n) is 4.71. The minimum atomic E-state index is -0.674. The van der Waals surface area contributed by atoms with Gasteiger partial charge in [0.2, 0.25) is 0 Å². The number of hydrogen-bond acceptors (Lipinski definition) is 5. The zero-order valence-corrected chi connectivity index (χ0v) is 16.5. The summed E-state index contributed by atoms with van der Waals surface area (Å²) in [5, 5.41) is 13.2. The van der Waals surface area contributed by atoms with E-state index in [1.807, 2.05) is 45.9 Å². The third kappa shape index (κ3) is 4.99. The quantitative estimate of drug-likeness (QED) is 0.613. The molecule has 1 heterocycles. The van der Waals surface area contributed by atoms with Crippen LogP contribution in [0.2, 0.25) is 0 Å². The summed E-state index contributed by atoms with van der Waals surface area (Å²) < 4.78 is 10.7. The lowest BCUT2D eigenvalue weighted by Gasteiger charge is -2.28. The summed E-state index contributed by atoms with van der Waals surface area (Å²) in [6, 6.07) is 5.37. The van der Waals surface area contributed by atoms with E-state index >= 15 is 0 Å². The summed E-state index contributed by atoms with van der Waals surface area (Å²) in [4.78, 5) is 19.1. The third-order valence-corrected chi connectivity index (χ3v) is 4.71. The van der Waals surface area contributed by atoms with Crippen molar-refractivity contribution in [2.75, 3.05) is 26.3 Å². The fraction of sp³-hybridized carbons (Fsp3) is 0.600. The molecule has 0 spiro atoms. The predicted octanol–water partition coefficient (Wildman–Crippen LogP) is 2.55. The van der Waals surface area contributed by atoms with E-state index in [0.29, 0.717) is 19.6 Å². The minimum Gasteiger partial charge on any atom is -0.444 e. The van der Waals surface area contributed by atoms with Gasteiger partial charge in [0.15, 0.2) is 0 Å². The number of nitrogens with zero attached hydrogens (tertiary/aromatic N) is 2. The van der Waals surface area contributed by atoms with Gasteiger partial charge in [-0.3, -0.25) is 0 Å². The number of amidine groups is 1. The summed E-state index contributed by atoms with van der Waals surface area (Å²) >= 11 is 0. The van der Waals surface area contributed by atoms with Crippen LogP contribution >= 0.6 is 0 Å². The highest BCUT2D eigenvalue weighted by Gasteiger charge is 2.33. The number of amides is 1. The number of morpholine rings is 1. The number of aliphatic hydroxyl groups excluding tert-OH is 1. The van der Waals surface area contributed by atoms with Crippen LogP contribution in [0.4, 0.5) is 10.5 Å². The highest BCUT2D eigenvalue weighted by Crippen LogP contribution is 2.34. The van der Waals surface area contributed by atoms with Gasteiger partial charge in [-0.1, -0.05) is 6.07 Å². The number of ether oxygens (including phenoxy) is 2. The molecule has 2 N–H and O–H groups in total. The van der Waals surface area contributed by atoms with Crippen molar-refractivity contribution in [1.29, 1.82) is 0 Å². The Morgan fingerprint density at radius 3 is 2.70 bits per heavy atom. The number of aliphatic imine (C=N–C) groups is 1. The second-order valence-corrected chi connectivity index (χ2v) is 8.04. The normalized spacial score (nSPS) is 23.1. The fourth-order valence-electron chi connectivity index (χ4n) is 3.43. The standard InChI is InChI=1S/C20H29N3O4/c1-13(23-7-9-26-10-8-23)21-15-6-5-14-11-17(24)18(16(14)12-15)22-19(25)27-20(2,3)4/h5-6,12,17-18,24H,7-11H2,1-4H3,(H,22,25)/b21-13+/t17-,18-/m1/s1. The van der Waals surface area contributed by atoms with Crippen molar-refractivity contribution in [3.05, 3.63) is 29.3 Å². The second kappa shape index (κ2) is 7.86. The molecule has 7 nitrogen and oxygen atoms in total. The van der Waals surface area contributed by atoms with Gasteiger partial charge in [0.25, 0.3) is 0 Å². The zero-order valence-electron chi connectivity index (χ0n) is 16.5. The number of nitrogens with one attached hydrogen (secondary N) is 1. The molecule has 0 unspecified atom stereocenters. The second-order valence-electron chi connectivity index (χ2n) is 8.04. The molecule has 2 aliphatic rings. The summed E-state index contributed by atoms with van der Waals surface area (Å²) in [6.45, 7) is 10.5. The Morgan fingerprint density at radius 2 is 2.04 bits per heavy atom. The van der Waals surface area contributed by atoms with E-state index in [0.717, 1.165) is 35.7 Å². The topological polar surface area (TPSA) is 83.4 Å². The largest absolute Gasteiger partial charge is 0.444 e. The van der Waals surface area contributed by atoms with Crippen LogP contribution in [0.5, 0.6) is 0 Å². The average Bonchev–Trinajstić information content (AvgIpc) is 2.89. The molecule has 1 aromatic carbocycles. The van der Waals surface area contributed by atoms with E-state index in [4.69, 9.17) is 14.5 Å². The monoisotopic (exact) mass is 375 g/mol. The first-order valence-electron chi connectivity index (χ1n) is 9.41. The fourth-order valence-corrected chi connectivity index (χ4v) is 3.43. The number of hydrogen-bond donors (Lipinski definition) is 2. The molecule has 0 saturated carbocycles. The molecule has 1 fully saturated rings. The molecule has 1 aliphatic carbocycles. The Hall–Kier alpha value is -2.12. The Labute approximate surface area is 160 Å². The molecule has 27 heavy (non-hydrogen) atoms. The van der Waals surface area contributed by atoms with E-state index in [-0.39, 0.29) is 0 Å². The lowest BCUT2D eigenvalue weighted by atomic mass is 10.1. The van der Waals surface area contributed by atoms with Gasteiger partial charge in [0, 0.05) is 19.5 Å². The Kier molecular flexibility index (Phi) is 5.72. The number of carbonyl (C=O) groups is 1. The van der Waals surface area contributed by atoms with Crippen LogP contribution in [0.3, 0.4) is 0 Å². The predicted molar refractivity (Wildman–Crippen MR) is 103 cm³/mol. The van der Waals surface area contributed by atoms with Gasteiger partial charge >= 0.3 is 6.09 Å². The van der Waals surface area contributed by atoms with Crippen LogP contribution in [-0.2, 0) is 15.9 Å². The molecule has 7 heteroatoms. The van der Waals surface area contributed by atoms with Crippen LogP contribution in [-0.4, -0.2) is 59.9 Å². The van der Waals surface area contributed by atoms with Gasteiger partial charge in [-0.25, -0.2) is 9.79 Å². The van der Waals surface area contributed by atoms with Crippen LogP contribution < -0.4 is 5.32 Å². The van der Waals surface area contributed by atoms with Crippen LogP contribution in [0.25, 0.3) is 0 Å². The smallest absolute Gasteiger partial charge is 0.408 e. The molecule has 3 rings (SSSR count). The molecule has 2 atom stereocenters. The number of aliphatic hydroxyl groups is 1. The SMILES string of the molecule is C/C(=N\c1ccc2c(c1)[C@@H](NC(=O)OC(C)(C)C)[C@H](O)C2)N1CCOCC1. The van der Waals surface area contributed by atoms with Crippen molar-refractivity contribution in [1.82, 2.24) is 10.2 Å². The van der Waals surface area contributed by atoms with Crippen LogP contribution in [0, 0.1) is 0 Å². The van der Waals surface area contributed by atoms with Gasteiger partial charge in [0.05, 0.1) is 31.0 Å². The summed E-state index contributed by atoms with van der Waals surface area (Å²) in [5.74, 6) is 0.938. The Bertz CT molecular complexity index is 720. The van der Waals surface area contributed by atoms with Gasteiger partial charge in [-0.05, 0) is 51.0 Å². The van der Waals surface area contributed by atoms with Gasteiger partial charge in [0.1, 0.15) is 11.4 Å². The molecule has 1 aromatic rings. The number of carbonyl (C=O) groups excluding carboxylic acids is 1. The molecular weight excluding hydrogens is 346 g/mol. The van der Waals surface area contributed by atoms with Crippen molar-refractivity contribution in [2.45, 2.75) is 51.9 Å². The number of benzene rings is 1. The molecular formula is C20H29N3O4. The molecule has 1 amide bonds. The Morgan fingerprint density at radius 1 is 1.33 bits per heavy atom. The van der Waals surface area contributed by atoms with E-state index in [2.05, 4.69) is 10.2 Å². The highest BCUT2D eigenvalue weighted by molar-refractivity contribution is 5.82. The van der Waals surface area contributed by atoms with E-state index in [1.165, 1.54) is 0 Å². The summed E-state index contributed by atoms with van der Waals surface area (Å²) in [6.07, 6.45) is -0.702. The first kappa shape index (κ1) is 19.6. The maximum atomic E-state index is 12.1. The number of alkyl carbamates (subject to hydrolysis) is 1. The van der Waals surface area contributed by atoms with Gasteiger partial charge in [-0.15, -0.1) is 0 Å². The van der Waals surface area contributed by atoms with E-state index in [9.17, 15) is 9.90 Å². The molecule has 0 radical (unpaired) electrons. The number of fused-ring (bicyclic) bond motifs is 1. The molecule has 1 aliphatic heterocycles. The Balaban J connectivity index is 1.76. The molecule has 1 saturated heterocycles. The summed E-state index contributed by atoms with van der Waals surface area (Å²) in [5.41, 5.74) is 2.14. The average molecular weight is 375 g/mol. The van der Waals surface area contributed by atoms with Crippen molar-refractivity contribution in [3.8, 4) is 0 Å². The summed E-state index contributed by atoms with van der Waals surface area (Å²) in [7, 11) is 0. The zero-order chi connectivity index (χ0) is 19.6. The van der Waals surface area contributed by atoms with Crippen LogP contribution in [0.1, 0.15) is 44.9 Å². The van der Waals surface area contributed by atoms with Crippen molar-refractivity contribution in [2.24, 2.45) is 4.99 Å². The maximum absolute atomic E-state index is 12.1. The lowest BCUT2D eigenvalue weighted by molar-refractivity contribution is 0.0438. The lowest BCUT2D eigenvalue weighted by Crippen LogP contribution is -2.39. The first-order chi connectivity index (χ1) is 12.7. The first-order valence-corrected chi connectivity index (χ1v) is 9.41. The molecule has 148 valence electrons. The molecule has 0 aromatic heterocycles. The highest BCUT2D eigenvalue weighted by atomic mass is 16.6. The van der Waals surface area contributed by atoms with Crippen molar-refractivity contribution >= 4 is 17.6 Å². The van der Waals surface area contributed by atoms with Crippen molar-refractivity contribution < 1.29 is 19.4 Å². The van der Waals surface area contributed by atoms with E-state index in [1.54, 1.807) is 0 Å². The minimum absolute atomic E-state index is 0.492. The number of rotatable bonds is 2. The molecule has 0 bridgehead atoms.